The Balaban J connectivity index is 2.10. The van der Waals surface area contributed by atoms with Crippen LogP contribution in [-0.4, -0.2) is 17.6 Å². The molecule has 0 atom stereocenters. The van der Waals surface area contributed by atoms with E-state index in [1.54, 1.807) is 18.2 Å². The summed E-state index contributed by atoms with van der Waals surface area (Å²) in [4.78, 5) is 12.6. The molecular formula is C19H20BrClN2O2S. The van der Waals surface area contributed by atoms with Crippen LogP contribution in [0.15, 0.2) is 40.9 Å². The maximum Gasteiger partial charge on any atom is 0.261 e. The van der Waals surface area contributed by atoms with Gasteiger partial charge in [0.2, 0.25) is 0 Å². The Morgan fingerprint density at radius 1 is 1.31 bits per heavy atom. The summed E-state index contributed by atoms with van der Waals surface area (Å²) >= 11 is 14.7. The fraction of sp³-hybridized carbons (Fsp3) is 0.263. The highest BCUT2D eigenvalue weighted by Gasteiger charge is 2.15. The van der Waals surface area contributed by atoms with Gasteiger partial charge in [-0.1, -0.05) is 46.9 Å². The lowest BCUT2D eigenvalue weighted by molar-refractivity contribution is 0.0973. The van der Waals surface area contributed by atoms with Crippen LogP contribution in [0.25, 0.3) is 0 Å². The third kappa shape index (κ3) is 5.69. The van der Waals surface area contributed by atoms with Crippen molar-refractivity contribution in [3.63, 3.8) is 0 Å². The molecule has 0 aliphatic carbocycles. The Labute approximate surface area is 172 Å². The van der Waals surface area contributed by atoms with Gasteiger partial charge in [-0.2, -0.15) is 0 Å². The predicted molar refractivity (Wildman–Crippen MR) is 114 cm³/mol. The summed E-state index contributed by atoms with van der Waals surface area (Å²) in [6.07, 6.45) is 1.94. The van der Waals surface area contributed by atoms with E-state index in [0.717, 1.165) is 28.6 Å². The van der Waals surface area contributed by atoms with Gasteiger partial charge >= 0.3 is 0 Å². The number of rotatable bonds is 6. The molecule has 0 saturated heterocycles. The van der Waals surface area contributed by atoms with Crippen molar-refractivity contribution in [1.82, 2.24) is 5.32 Å². The Hall–Kier alpha value is -1.63. The number of unbranched alkanes of at least 4 members (excludes halogenated alkanes) is 1. The summed E-state index contributed by atoms with van der Waals surface area (Å²) in [5.74, 6) is 0.191. The third-order valence-electron chi connectivity index (χ3n) is 3.68. The monoisotopic (exact) mass is 454 g/mol. The van der Waals surface area contributed by atoms with E-state index in [2.05, 4.69) is 33.5 Å². The Morgan fingerprint density at radius 2 is 2.08 bits per heavy atom. The van der Waals surface area contributed by atoms with Crippen molar-refractivity contribution in [2.24, 2.45) is 0 Å². The van der Waals surface area contributed by atoms with E-state index in [-0.39, 0.29) is 11.0 Å². The Morgan fingerprint density at radius 3 is 2.81 bits per heavy atom. The van der Waals surface area contributed by atoms with Crippen LogP contribution in [0.4, 0.5) is 5.69 Å². The second-order valence-electron chi connectivity index (χ2n) is 5.66. The van der Waals surface area contributed by atoms with Gasteiger partial charge in [0.15, 0.2) is 5.11 Å². The minimum Gasteiger partial charge on any atom is -0.493 e. The molecular weight excluding hydrogens is 436 g/mol. The van der Waals surface area contributed by atoms with Gasteiger partial charge in [0.25, 0.3) is 5.91 Å². The molecule has 0 heterocycles. The number of ether oxygens (including phenoxy) is 1. The van der Waals surface area contributed by atoms with Crippen LogP contribution >= 0.6 is 39.7 Å². The summed E-state index contributed by atoms with van der Waals surface area (Å²) < 4.78 is 6.51. The molecule has 4 nitrogen and oxygen atoms in total. The smallest absolute Gasteiger partial charge is 0.261 e. The number of carbonyl (C=O) groups is 1. The first-order valence-electron chi connectivity index (χ1n) is 8.22. The minimum atomic E-state index is -0.338. The number of hydrogen-bond acceptors (Lipinski definition) is 3. The van der Waals surface area contributed by atoms with Crippen molar-refractivity contribution in [1.29, 1.82) is 0 Å². The van der Waals surface area contributed by atoms with Crippen molar-refractivity contribution in [3.05, 3.63) is 57.0 Å². The lowest BCUT2D eigenvalue weighted by Gasteiger charge is -2.14. The quantitative estimate of drug-likeness (QED) is 0.432. The maximum atomic E-state index is 12.6. The number of anilines is 1. The van der Waals surface area contributed by atoms with Crippen LogP contribution in [0.1, 0.15) is 35.7 Å². The van der Waals surface area contributed by atoms with E-state index in [1.165, 1.54) is 0 Å². The molecule has 0 radical (unpaired) electrons. The number of carbonyl (C=O) groups excluding carboxylic acids is 1. The molecule has 26 heavy (non-hydrogen) atoms. The van der Waals surface area contributed by atoms with Crippen LogP contribution in [0.5, 0.6) is 5.75 Å². The molecule has 0 aliphatic heterocycles. The Bertz CT molecular complexity index is 814. The van der Waals surface area contributed by atoms with Crippen LogP contribution < -0.4 is 15.4 Å². The van der Waals surface area contributed by atoms with Crippen molar-refractivity contribution >= 4 is 56.5 Å². The first-order valence-corrected chi connectivity index (χ1v) is 9.80. The van der Waals surface area contributed by atoms with E-state index in [9.17, 15) is 4.79 Å². The highest BCUT2D eigenvalue weighted by Crippen LogP contribution is 2.25. The molecule has 2 aromatic rings. The van der Waals surface area contributed by atoms with Crippen molar-refractivity contribution < 1.29 is 9.53 Å². The number of hydrogen-bond donors (Lipinski definition) is 2. The van der Waals surface area contributed by atoms with Gasteiger partial charge in [-0.15, -0.1) is 0 Å². The summed E-state index contributed by atoms with van der Waals surface area (Å²) in [6, 6.07) is 10.8. The van der Waals surface area contributed by atoms with Gasteiger partial charge in [-0.3, -0.25) is 10.1 Å². The molecule has 0 aliphatic rings. The molecule has 0 spiro atoms. The average Bonchev–Trinajstić information content (AvgIpc) is 2.60. The molecule has 2 N–H and O–H groups in total. The molecule has 0 aromatic heterocycles. The van der Waals surface area contributed by atoms with E-state index < -0.39 is 0 Å². The second kappa shape index (κ2) is 9.90. The van der Waals surface area contributed by atoms with Gasteiger partial charge < -0.3 is 10.1 Å². The van der Waals surface area contributed by atoms with Crippen molar-refractivity contribution in [3.8, 4) is 5.75 Å². The van der Waals surface area contributed by atoms with Crippen LogP contribution in [0.2, 0.25) is 5.02 Å². The van der Waals surface area contributed by atoms with Crippen LogP contribution in [-0.2, 0) is 0 Å². The predicted octanol–water partition coefficient (Wildman–Crippen LogP) is 5.72. The maximum absolute atomic E-state index is 12.6. The number of halogens is 2. The summed E-state index contributed by atoms with van der Waals surface area (Å²) in [5, 5.41) is 6.51. The van der Waals surface area contributed by atoms with Gasteiger partial charge in [0.1, 0.15) is 5.75 Å². The molecule has 0 bridgehead atoms. The first-order chi connectivity index (χ1) is 12.4. The molecule has 0 fully saturated rings. The van der Waals surface area contributed by atoms with E-state index >= 15 is 0 Å². The van der Waals surface area contributed by atoms with Crippen LogP contribution in [0, 0.1) is 6.92 Å². The third-order valence-corrected chi connectivity index (χ3v) is 4.79. The average molecular weight is 456 g/mol. The standard InChI is InChI=1S/C19H20BrClN2O2S/c1-3-4-10-25-17-9-8-13(20)11-14(17)18(24)23-19(26)22-16-7-5-6-15(21)12(16)2/h5-9,11H,3-4,10H2,1-2H3,(H2,22,23,24,26). The van der Waals surface area contributed by atoms with E-state index in [4.69, 9.17) is 28.6 Å². The number of nitrogens with one attached hydrogen (secondary N) is 2. The molecule has 0 saturated carbocycles. The first kappa shape index (κ1) is 20.7. The fourth-order valence-corrected chi connectivity index (χ4v) is 2.94. The van der Waals surface area contributed by atoms with Gasteiger partial charge in [-0.05, 0) is 61.5 Å². The topological polar surface area (TPSA) is 50.4 Å². The zero-order valence-corrected chi connectivity index (χ0v) is 17.7. The largest absolute Gasteiger partial charge is 0.493 e. The number of amides is 1. The normalized spacial score (nSPS) is 10.3. The molecule has 7 heteroatoms. The highest BCUT2D eigenvalue weighted by molar-refractivity contribution is 9.10. The van der Waals surface area contributed by atoms with E-state index in [0.29, 0.717) is 22.9 Å². The van der Waals surface area contributed by atoms with Crippen molar-refractivity contribution in [2.75, 3.05) is 11.9 Å². The number of benzene rings is 2. The van der Waals surface area contributed by atoms with Gasteiger partial charge in [0, 0.05) is 15.2 Å². The zero-order valence-electron chi connectivity index (χ0n) is 14.6. The molecule has 1 amide bonds. The van der Waals surface area contributed by atoms with Crippen LogP contribution in [0.3, 0.4) is 0 Å². The van der Waals surface area contributed by atoms with Gasteiger partial charge in [0.05, 0.1) is 12.2 Å². The minimum absolute atomic E-state index is 0.194. The lowest BCUT2D eigenvalue weighted by Crippen LogP contribution is -2.34. The second-order valence-corrected chi connectivity index (χ2v) is 7.39. The molecule has 2 rings (SSSR count). The number of thiocarbonyl (C=S) groups is 1. The zero-order chi connectivity index (χ0) is 19.1. The van der Waals surface area contributed by atoms with E-state index in [1.807, 2.05) is 25.1 Å². The molecule has 0 unspecified atom stereocenters. The molecule has 2 aromatic carbocycles. The lowest BCUT2D eigenvalue weighted by atomic mass is 10.2. The summed E-state index contributed by atoms with van der Waals surface area (Å²) in [5.41, 5.74) is 2.02. The van der Waals surface area contributed by atoms with Gasteiger partial charge in [-0.25, -0.2) is 0 Å². The SMILES string of the molecule is CCCCOc1ccc(Br)cc1C(=O)NC(=S)Nc1cccc(Cl)c1C. The highest BCUT2D eigenvalue weighted by atomic mass is 79.9. The summed E-state index contributed by atoms with van der Waals surface area (Å²) in [7, 11) is 0. The fourth-order valence-electron chi connectivity index (χ4n) is 2.20. The Kier molecular flexibility index (Phi) is 7.87. The summed E-state index contributed by atoms with van der Waals surface area (Å²) in [6.45, 7) is 4.52. The molecule has 138 valence electrons. The van der Waals surface area contributed by atoms with Crippen molar-refractivity contribution in [2.45, 2.75) is 26.7 Å².